The van der Waals surface area contributed by atoms with Crippen LogP contribution in [0.25, 0.3) is 0 Å². The Kier molecular flexibility index (Phi) is 3.05. The Hall–Kier alpha value is -1.62. The largest absolute Gasteiger partial charge is 0.338 e. The van der Waals surface area contributed by atoms with Crippen LogP contribution < -0.4 is 16.0 Å². The predicted molar refractivity (Wildman–Crippen MR) is 59.7 cm³/mol. The number of nitrogens with two attached hydrogens (primary N) is 1. The Balaban J connectivity index is 2.34. The van der Waals surface area contributed by atoms with Gasteiger partial charge in [0.15, 0.2) is 0 Å². The molecule has 1 heterocycles. The van der Waals surface area contributed by atoms with E-state index in [0.717, 1.165) is 6.42 Å². The van der Waals surface area contributed by atoms with Crippen LogP contribution in [0.1, 0.15) is 12.0 Å². The highest BCUT2D eigenvalue weighted by atomic mass is 19.1. The van der Waals surface area contributed by atoms with E-state index < -0.39 is 0 Å². The molecule has 1 saturated heterocycles. The SMILES string of the molecule is NCc1cc(F)ccc1N1CCCNC1=O. The van der Waals surface area contributed by atoms with Crippen molar-refractivity contribution in [1.82, 2.24) is 5.32 Å². The summed E-state index contributed by atoms with van der Waals surface area (Å²) in [5.41, 5.74) is 6.89. The third kappa shape index (κ3) is 1.99. The standard InChI is InChI=1S/C11H14FN3O/c12-9-2-3-10(8(6-9)7-13)15-5-1-4-14-11(15)16/h2-3,6H,1,4-5,7,13H2,(H,14,16). The van der Waals surface area contributed by atoms with Crippen molar-refractivity contribution in [2.75, 3.05) is 18.0 Å². The van der Waals surface area contributed by atoms with Gasteiger partial charge in [-0.1, -0.05) is 0 Å². The molecule has 0 aliphatic carbocycles. The first-order chi connectivity index (χ1) is 7.72. The van der Waals surface area contributed by atoms with Crippen molar-refractivity contribution in [3.05, 3.63) is 29.6 Å². The van der Waals surface area contributed by atoms with Gasteiger partial charge in [0.25, 0.3) is 0 Å². The fourth-order valence-corrected chi connectivity index (χ4v) is 1.84. The van der Waals surface area contributed by atoms with Crippen molar-refractivity contribution in [3.8, 4) is 0 Å². The van der Waals surface area contributed by atoms with E-state index in [4.69, 9.17) is 5.73 Å². The number of amides is 2. The molecule has 0 radical (unpaired) electrons. The lowest BCUT2D eigenvalue weighted by Crippen LogP contribution is -2.47. The van der Waals surface area contributed by atoms with E-state index in [1.165, 1.54) is 12.1 Å². The van der Waals surface area contributed by atoms with Gasteiger partial charge in [-0.05, 0) is 30.2 Å². The number of carbonyl (C=O) groups excluding carboxylic acids is 1. The zero-order chi connectivity index (χ0) is 11.5. The van der Waals surface area contributed by atoms with Crippen LogP contribution in [0.15, 0.2) is 18.2 Å². The molecule has 2 amide bonds. The minimum absolute atomic E-state index is 0.146. The first kappa shape index (κ1) is 10.9. The molecule has 1 fully saturated rings. The summed E-state index contributed by atoms with van der Waals surface area (Å²) in [4.78, 5) is 13.2. The molecule has 1 aromatic carbocycles. The minimum atomic E-state index is -0.332. The van der Waals surface area contributed by atoms with Gasteiger partial charge in [-0.3, -0.25) is 4.90 Å². The molecule has 2 rings (SSSR count). The Bertz CT molecular complexity index is 408. The number of nitrogens with zero attached hydrogens (tertiary/aromatic N) is 1. The summed E-state index contributed by atoms with van der Waals surface area (Å²) >= 11 is 0. The van der Waals surface area contributed by atoms with Gasteiger partial charge in [-0.25, -0.2) is 9.18 Å². The van der Waals surface area contributed by atoms with Gasteiger partial charge in [0, 0.05) is 19.6 Å². The Morgan fingerprint density at radius 1 is 1.50 bits per heavy atom. The van der Waals surface area contributed by atoms with Crippen molar-refractivity contribution in [1.29, 1.82) is 0 Å². The third-order valence-electron chi connectivity index (χ3n) is 2.63. The molecule has 0 aromatic heterocycles. The number of carbonyl (C=O) groups is 1. The number of hydrogen-bond acceptors (Lipinski definition) is 2. The van der Waals surface area contributed by atoms with Gasteiger partial charge in [-0.15, -0.1) is 0 Å². The van der Waals surface area contributed by atoms with Gasteiger partial charge in [0.2, 0.25) is 0 Å². The number of rotatable bonds is 2. The van der Waals surface area contributed by atoms with Crippen molar-refractivity contribution in [3.63, 3.8) is 0 Å². The van der Waals surface area contributed by atoms with Crippen LogP contribution in [0.2, 0.25) is 0 Å². The molecular formula is C11H14FN3O. The lowest BCUT2D eigenvalue weighted by Gasteiger charge is -2.29. The average molecular weight is 223 g/mol. The molecule has 1 aliphatic heterocycles. The van der Waals surface area contributed by atoms with Crippen LogP contribution in [0.3, 0.4) is 0 Å². The maximum atomic E-state index is 13.0. The molecular weight excluding hydrogens is 209 g/mol. The van der Waals surface area contributed by atoms with Crippen molar-refractivity contribution >= 4 is 11.7 Å². The number of hydrogen-bond donors (Lipinski definition) is 2. The molecule has 16 heavy (non-hydrogen) atoms. The van der Waals surface area contributed by atoms with E-state index in [1.54, 1.807) is 11.0 Å². The van der Waals surface area contributed by atoms with Crippen molar-refractivity contribution in [2.45, 2.75) is 13.0 Å². The normalized spacial score (nSPS) is 16.1. The fourth-order valence-electron chi connectivity index (χ4n) is 1.84. The number of anilines is 1. The monoisotopic (exact) mass is 223 g/mol. The molecule has 86 valence electrons. The van der Waals surface area contributed by atoms with E-state index in [2.05, 4.69) is 5.32 Å². The van der Waals surface area contributed by atoms with E-state index in [1.807, 2.05) is 0 Å². The minimum Gasteiger partial charge on any atom is -0.338 e. The van der Waals surface area contributed by atoms with Crippen molar-refractivity contribution in [2.24, 2.45) is 5.73 Å². The van der Waals surface area contributed by atoms with Crippen LogP contribution in [0.4, 0.5) is 14.9 Å². The van der Waals surface area contributed by atoms with Crippen LogP contribution in [-0.4, -0.2) is 19.1 Å². The topological polar surface area (TPSA) is 58.4 Å². The average Bonchev–Trinajstić information content (AvgIpc) is 2.30. The molecule has 0 unspecified atom stereocenters. The second-order valence-corrected chi connectivity index (χ2v) is 3.71. The molecule has 1 aromatic rings. The predicted octanol–water partition coefficient (Wildman–Crippen LogP) is 1.20. The molecule has 0 saturated carbocycles. The second kappa shape index (κ2) is 4.49. The summed E-state index contributed by atoms with van der Waals surface area (Å²) < 4.78 is 13.0. The second-order valence-electron chi connectivity index (χ2n) is 3.71. The number of urea groups is 1. The summed E-state index contributed by atoms with van der Waals surface area (Å²) in [6.07, 6.45) is 0.882. The summed E-state index contributed by atoms with van der Waals surface area (Å²) in [6, 6.07) is 4.17. The molecule has 3 N–H and O–H groups in total. The lowest BCUT2D eigenvalue weighted by atomic mass is 10.1. The van der Waals surface area contributed by atoms with Crippen LogP contribution in [0, 0.1) is 5.82 Å². The van der Waals surface area contributed by atoms with Gasteiger partial charge in [-0.2, -0.15) is 0 Å². The van der Waals surface area contributed by atoms with Crippen LogP contribution >= 0.6 is 0 Å². The van der Waals surface area contributed by atoms with E-state index in [-0.39, 0.29) is 18.4 Å². The lowest BCUT2D eigenvalue weighted by molar-refractivity contribution is 0.243. The first-order valence-electron chi connectivity index (χ1n) is 5.26. The van der Waals surface area contributed by atoms with Gasteiger partial charge < -0.3 is 11.1 Å². The summed E-state index contributed by atoms with van der Waals surface area (Å²) in [6.45, 7) is 1.55. The molecule has 0 atom stereocenters. The zero-order valence-electron chi connectivity index (χ0n) is 8.87. The highest BCUT2D eigenvalue weighted by Gasteiger charge is 2.21. The number of halogens is 1. The third-order valence-corrected chi connectivity index (χ3v) is 2.63. The maximum absolute atomic E-state index is 13.0. The highest BCUT2D eigenvalue weighted by molar-refractivity contribution is 5.93. The molecule has 0 bridgehead atoms. The van der Waals surface area contributed by atoms with Gasteiger partial charge in [0.1, 0.15) is 5.82 Å². The fraction of sp³-hybridized carbons (Fsp3) is 0.364. The molecule has 5 heteroatoms. The number of nitrogens with one attached hydrogen (secondary N) is 1. The Morgan fingerprint density at radius 2 is 2.31 bits per heavy atom. The first-order valence-corrected chi connectivity index (χ1v) is 5.26. The van der Waals surface area contributed by atoms with Gasteiger partial charge in [0.05, 0.1) is 5.69 Å². The summed E-state index contributed by atoms with van der Waals surface area (Å²) in [5, 5.41) is 2.75. The quantitative estimate of drug-likeness (QED) is 0.791. The van der Waals surface area contributed by atoms with Crippen LogP contribution in [0.5, 0.6) is 0 Å². The highest BCUT2D eigenvalue weighted by Crippen LogP contribution is 2.22. The smallest absolute Gasteiger partial charge is 0.321 e. The molecule has 0 spiro atoms. The van der Waals surface area contributed by atoms with E-state index in [9.17, 15) is 9.18 Å². The molecule has 4 nitrogen and oxygen atoms in total. The summed E-state index contributed by atoms with van der Waals surface area (Å²) in [7, 11) is 0. The zero-order valence-corrected chi connectivity index (χ0v) is 8.87. The van der Waals surface area contributed by atoms with E-state index in [0.29, 0.717) is 24.3 Å². The van der Waals surface area contributed by atoms with Crippen molar-refractivity contribution < 1.29 is 9.18 Å². The summed E-state index contributed by atoms with van der Waals surface area (Å²) in [5.74, 6) is -0.332. The van der Waals surface area contributed by atoms with Gasteiger partial charge >= 0.3 is 6.03 Å². The molecule has 1 aliphatic rings. The number of benzene rings is 1. The maximum Gasteiger partial charge on any atom is 0.321 e. The van der Waals surface area contributed by atoms with E-state index >= 15 is 0 Å². The Labute approximate surface area is 93.2 Å². The van der Waals surface area contributed by atoms with Crippen LogP contribution in [-0.2, 0) is 6.54 Å². The Morgan fingerprint density at radius 3 is 3.00 bits per heavy atom.